The van der Waals surface area contributed by atoms with Crippen molar-refractivity contribution in [1.82, 2.24) is 19.4 Å². The highest BCUT2D eigenvalue weighted by atomic mass is 19.1. The minimum atomic E-state index is -1.27. The molecule has 1 amide bonds. The van der Waals surface area contributed by atoms with Gasteiger partial charge >= 0.3 is 0 Å². The summed E-state index contributed by atoms with van der Waals surface area (Å²) in [6.07, 6.45) is 1.95. The van der Waals surface area contributed by atoms with E-state index in [0.717, 1.165) is 5.56 Å². The van der Waals surface area contributed by atoms with Crippen LogP contribution >= 0.6 is 0 Å². The van der Waals surface area contributed by atoms with Crippen molar-refractivity contribution in [2.75, 3.05) is 18.4 Å². The number of nitrogens with zero attached hydrogens (tertiary/aromatic N) is 4. The molecule has 1 aromatic carbocycles. The second-order valence-corrected chi connectivity index (χ2v) is 6.94. The van der Waals surface area contributed by atoms with Crippen molar-refractivity contribution in [2.45, 2.75) is 12.2 Å². The molecular weight excluding hydrogens is 373 g/mol. The SMILES string of the molecule is Cn1c(N[C@@H]2CN(C(=O)c3ccccc3)C[C@@H]2F)nc(-c2ccncc2)cc1=O. The first-order chi connectivity index (χ1) is 14.0. The van der Waals surface area contributed by atoms with Crippen LogP contribution in [0.4, 0.5) is 10.3 Å². The molecule has 29 heavy (non-hydrogen) atoms. The number of hydrogen-bond donors (Lipinski definition) is 1. The van der Waals surface area contributed by atoms with Crippen LogP contribution in [-0.2, 0) is 7.05 Å². The second-order valence-electron chi connectivity index (χ2n) is 6.94. The van der Waals surface area contributed by atoms with E-state index in [-0.39, 0.29) is 30.5 Å². The number of carbonyl (C=O) groups excluding carboxylic acids is 1. The quantitative estimate of drug-likeness (QED) is 0.735. The van der Waals surface area contributed by atoms with E-state index in [4.69, 9.17) is 0 Å². The maximum absolute atomic E-state index is 14.7. The zero-order valence-electron chi connectivity index (χ0n) is 15.8. The van der Waals surface area contributed by atoms with Gasteiger partial charge in [-0.15, -0.1) is 0 Å². The topological polar surface area (TPSA) is 80.1 Å². The molecule has 0 radical (unpaired) electrons. The Morgan fingerprint density at radius 3 is 2.59 bits per heavy atom. The molecule has 3 heterocycles. The number of likely N-dealkylation sites (tertiary alicyclic amines) is 1. The molecule has 7 nitrogen and oxygen atoms in total. The van der Waals surface area contributed by atoms with Crippen LogP contribution in [0.25, 0.3) is 11.3 Å². The average molecular weight is 393 g/mol. The van der Waals surface area contributed by atoms with Gasteiger partial charge in [0.05, 0.1) is 18.3 Å². The van der Waals surface area contributed by atoms with Crippen molar-refractivity contribution >= 4 is 11.9 Å². The summed E-state index contributed by atoms with van der Waals surface area (Å²) in [5.41, 5.74) is 1.47. The molecule has 4 rings (SSSR count). The first-order valence-corrected chi connectivity index (χ1v) is 9.26. The zero-order valence-corrected chi connectivity index (χ0v) is 15.8. The number of benzene rings is 1. The van der Waals surface area contributed by atoms with E-state index in [9.17, 15) is 14.0 Å². The van der Waals surface area contributed by atoms with Crippen molar-refractivity contribution in [3.63, 3.8) is 0 Å². The normalized spacial score (nSPS) is 18.6. The average Bonchev–Trinajstić information content (AvgIpc) is 3.12. The lowest BCUT2D eigenvalue weighted by molar-refractivity contribution is 0.0782. The third-order valence-electron chi connectivity index (χ3n) is 4.98. The molecule has 1 aliphatic heterocycles. The molecule has 148 valence electrons. The van der Waals surface area contributed by atoms with Crippen LogP contribution in [0.5, 0.6) is 0 Å². The zero-order chi connectivity index (χ0) is 20.4. The van der Waals surface area contributed by atoms with E-state index in [2.05, 4.69) is 15.3 Å². The summed E-state index contributed by atoms with van der Waals surface area (Å²) in [4.78, 5) is 34.9. The van der Waals surface area contributed by atoms with Crippen LogP contribution in [0.1, 0.15) is 10.4 Å². The van der Waals surface area contributed by atoms with E-state index < -0.39 is 12.2 Å². The molecule has 0 spiro atoms. The minimum Gasteiger partial charge on any atom is -0.348 e. The van der Waals surface area contributed by atoms with Gasteiger partial charge in [-0.1, -0.05) is 18.2 Å². The molecule has 2 aromatic heterocycles. The number of amides is 1. The lowest BCUT2D eigenvalue weighted by Crippen LogP contribution is -2.34. The monoisotopic (exact) mass is 393 g/mol. The van der Waals surface area contributed by atoms with Gasteiger partial charge in [0, 0.05) is 43.2 Å². The number of pyridine rings is 1. The summed E-state index contributed by atoms with van der Waals surface area (Å²) in [5.74, 6) is 0.0379. The van der Waals surface area contributed by atoms with Gasteiger partial charge in [0.25, 0.3) is 11.5 Å². The van der Waals surface area contributed by atoms with Crippen molar-refractivity contribution < 1.29 is 9.18 Å². The van der Waals surface area contributed by atoms with Crippen LogP contribution in [-0.4, -0.2) is 50.6 Å². The van der Waals surface area contributed by atoms with Crippen LogP contribution in [0.2, 0.25) is 0 Å². The number of nitrogens with one attached hydrogen (secondary N) is 1. The summed E-state index contributed by atoms with van der Waals surface area (Å²) >= 11 is 0. The molecule has 0 saturated carbocycles. The Morgan fingerprint density at radius 2 is 1.86 bits per heavy atom. The summed E-state index contributed by atoms with van der Waals surface area (Å²) in [6, 6.07) is 13.1. The molecule has 2 atom stereocenters. The Bertz CT molecular complexity index is 1070. The number of rotatable bonds is 4. The lowest BCUT2D eigenvalue weighted by atomic mass is 10.2. The fraction of sp³-hybridized carbons (Fsp3) is 0.238. The molecule has 1 aliphatic rings. The maximum Gasteiger partial charge on any atom is 0.255 e. The maximum atomic E-state index is 14.7. The first kappa shape index (κ1) is 18.8. The molecule has 8 heteroatoms. The van der Waals surface area contributed by atoms with Crippen LogP contribution in [0, 0.1) is 0 Å². The Hall–Kier alpha value is -3.55. The van der Waals surface area contributed by atoms with E-state index in [1.54, 1.807) is 55.8 Å². The second kappa shape index (κ2) is 7.83. The Morgan fingerprint density at radius 1 is 1.14 bits per heavy atom. The predicted octanol–water partition coefficient (Wildman–Crippen LogP) is 2.12. The standard InChI is InChI=1S/C21H20FN5O2/c1-26-19(28)11-17(14-7-9-23-10-8-14)24-21(26)25-18-13-27(12-16(18)22)20(29)15-5-3-2-4-6-15/h2-11,16,18H,12-13H2,1H3,(H,24,25)/t16-,18+/m0/s1. The summed E-state index contributed by atoms with van der Waals surface area (Å²) in [7, 11) is 1.57. The van der Waals surface area contributed by atoms with E-state index in [0.29, 0.717) is 11.3 Å². The van der Waals surface area contributed by atoms with Crippen molar-refractivity contribution in [3.05, 3.63) is 76.8 Å². The van der Waals surface area contributed by atoms with Crippen molar-refractivity contribution in [1.29, 1.82) is 0 Å². The van der Waals surface area contributed by atoms with Gasteiger partial charge in [-0.05, 0) is 24.3 Å². The van der Waals surface area contributed by atoms with Crippen molar-refractivity contribution in [2.24, 2.45) is 7.05 Å². The molecule has 3 aromatic rings. The third-order valence-corrected chi connectivity index (χ3v) is 4.98. The van der Waals surface area contributed by atoms with E-state index in [1.165, 1.54) is 15.5 Å². The Labute approximate surface area is 166 Å². The number of alkyl halides is 1. The number of halogens is 1. The van der Waals surface area contributed by atoms with Gasteiger partial charge in [-0.2, -0.15) is 0 Å². The fourth-order valence-corrected chi connectivity index (χ4v) is 3.33. The molecular formula is C21H20FN5O2. The third kappa shape index (κ3) is 3.87. The molecule has 0 unspecified atom stereocenters. The van der Waals surface area contributed by atoms with Gasteiger partial charge in [0.15, 0.2) is 0 Å². The van der Waals surface area contributed by atoms with Gasteiger partial charge in [0.1, 0.15) is 6.17 Å². The molecule has 1 saturated heterocycles. The summed E-state index contributed by atoms with van der Waals surface area (Å²) < 4.78 is 16.0. The molecule has 1 fully saturated rings. The van der Waals surface area contributed by atoms with Crippen LogP contribution in [0.3, 0.4) is 0 Å². The minimum absolute atomic E-state index is 0.0105. The first-order valence-electron chi connectivity index (χ1n) is 9.26. The largest absolute Gasteiger partial charge is 0.348 e. The number of hydrogen-bond acceptors (Lipinski definition) is 5. The highest BCUT2D eigenvalue weighted by molar-refractivity contribution is 5.94. The van der Waals surface area contributed by atoms with Gasteiger partial charge in [-0.3, -0.25) is 19.1 Å². The van der Waals surface area contributed by atoms with Crippen LogP contribution < -0.4 is 10.9 Å². The van der Waals surface area contributed by atoms with Crippen LogP contribution in [0.15, 0.2) is 65.7 Å². The summed E-state index contributed by atoms with van der Waals surface area (Å²) in [6.45, 7) is 0.174. The highest BCUT2D eigenvalue weighted by Crippen LogP contribution is 2.21. The molecule has 1 N–H and O–H groups in total. The summed E-state index contributed by atoms with van der Waals surface area (Å²) in [5, 5.41) is 3.01. The van der Waals surface area contributed by atoms with E-state index >= 15 is 0 Å². The molecule has 0 aliphatic carbocycles. The van der Waals surface area contributed by atoms with Crippen molar-refractivity contribution in [3.8, 4) is 11.3 Å². The fourth-order valence-electron chi connectivity index (χ4n) is 3.33. The Balaban J connectivity index is 1.55. The van der Waals surface area contributed by atoms with Gasteiger partial charge in [0.2, 0.25) is 5.95 Å². The number of anilines is 1. The van der Waals surface area contributed by atoms with E-state index in [1.807, 2.05) is 6.07 Å². The lowest BCUT2D eigenvalue weighted by Gasteiger charge is -2.19. The predicted molar refractivity (Wildman–Crippen MR) is 107 cm³/mol. The number of aromatic nitrogens is 3. The van der Waals surface area contributed by atoms with Gasteiger partial charge in [-0.25, -0.2) is 9.37 Å². The smallest absolute Gasteiger partial charge is 0.255 e. The van der Waals surface area contributed by atoms with Gasteiger partial charge < -0.3 is 10.2 Å². The highest BCUT2D eigenvalue weighted by Gasteiger charge is 2.36. The number of carbonyl (C=O) groups is 1. The Kier molecular flexibility index (Phi) is 5.07. The molecule has 0 bridgehead atoms.